The van der Waals surface area contributed by atoms with Gasteiger partial charge in [0.25, 0.3) is 5.91 Å². The maximum Gasteiger partial charge on any atom is 0.253 e. The monoisotopic (exact) mass is 278 g/mol. The molecule has 0 aliphatic rings. The van der Waals surface area contributed by atoms with Crippen molar-refractivity contribution in [3.63, 3.8) is 0 Å². The molecule has 0 bridgehead atoms. The van der Waals surface area contributed by atoms with Gasteiger partial charge >= 0.3 is 0 Å². The summed E-state index contributed by atoms with van der Waals surface area (Å²) in [4.78, 5) is 14.0. The van der Waals surface area contributed by atoms with Crippen LogP contribution in [0.1, 0.15) is 36.2 Å². The van der Waals surface area contributed by atoms with Gasteiger partial charge in [-0.05, 0) is 31.5 Å². The molecule has 102 valence electrons. The lowest BCUT2D eigenvalue weighted by Crippen LogP contribution is -2.34. The topological polar surface area (TPSA) is 46.3 Å². The molecule has 1 rings (SSSR count). The average molecular weight is 279 g/mol. The van der Waals surface area contributed by atoms with Crippen molar-refractivity contribution in [2.75, 3.05) is 13.6 Å². The molecule has 0 radical (unpaired) electrons. The first kappa shape index (κ1) is 15.6. The zero-order valence-corrected chi connectivity index (χ0v) is 12.3. The standard InChI is InChI=1S/C15H19ClN2O/c1-4-11(2)18(3)15(19)13-8-7-12(6-5-9-17)14(16)10-13/h7-8,10-11H,4,9,17H2,1-3H3. The summed E-state index contributed by atoms with van der Waals surface area (Å²) in [5.41, 5.74) is 6.58. The van der Waals surface area contributed by atoms with Gasteiger partial charge in [-0.1, -0.05) is 30.4 Å². The third kappa shape index (κ3) is 3.99. The molecule has 1 unspecified atom stereocenters. The number of carbonyl (C=O) groups is 1. The molecule has 4 heteroatoms. The van der Waals surface area contributed by atoms with Gasteiger partial charge in [-0.3, -0.25) is 4.79 Å². The van der Waals surface area contributed by atoms with Gasteiger partial charge < -0.3 is 10.6 Å². The average Bonchev–Trinajstić information content (AvgIpc) is 2.43. The molecule has 0 spiro atoms. The van der Waals surface area contributed by atoms with E-state index in [0.29, 0.717) is 16.1 Å². The number of halogens is 1. The molecular formula is C15H19ClN2O. The van der Waals surface area contributed by atoms with E-state index >= 15 is 0 Å². The van der Waals surface area contributed by atoms with Gasteiger partial charge in [0.05, 0.1) is 11.6 Å². The maximum atomic E-state index is 12.2. The van der Waals surface area contributed by atoms with E-state index in [0.717, 1.165) is 6.42 Å². The molecule has 0 aliphatic carbocycles. The molecule has 19 heavy (non-hydrogen) atoms. The number of nitrogens with two attached hydrogens (primary N) is 1. The van der Waals surface area contributed by atoms with E-state index in [1.807, 2.05) is 13.8 Å². The Balaban J connectivity index is 2.98. The van der Waals surface area contributed by atoms with Crippen LogP contribution in [-0.2, 0) is 0 Å². The highest BCUT2D eigenvalue weighted by Gasteiger charge is 2.16. The van der Waals surface area contributed by atoms with Crippen molar-refractivity contribution in [2.24, 2.45) is 5.73 Å². The fourth-order valence-corrected chi connectivity index (χ4v) is 1.80. The number of hydrogen-bond donors (Lipinski definition) is 1. The van der Waals surface area contributed by atoms with E-state index in [9.17, 15) is 4.79 Å². The third-order valence-corrected chi connectivity index (χ3v) is 3.43. The molecule has 0 saturated carbocycles. The Kier molecular flexibility index (Phi) is 5.88. The van der Waals surface area contributed by atoms with Crippen molar-refractivity contribution < 1.29 is 4.79 Å². The van der Waals surface area contributed by atoms with E-state index in [1.54, 1.807) is 30.1 Å². The predicted octanol–water partition coefficient (Wildman–Crippen LogP) is 2.52. The van der Waals surface area contributed by atoms with Gasteiger partial charge in [-0.25, -0.2) is 0 Å². The lowest BCUT2D eigenvalue weighted by atomic mass is 10.1. The van der Waals surface area contributed by atoms with Gasteiger partial charge in [-0.15, -0.1) is 0 Å². The summed E-state index contributed by atoms with van der Waals surface area (Å²) in [6.45, 7) is 4.35. The minimum Gasteiger partial charge on any atom is -0.339 e. The molecule has 2 N–H and O–H groups in total. The Morgan fingerprint density at radius 2 is 2.21 bits per heavy atom. The fourth-order valence-electron chi connectivity index (χ4n) is 1.57. The summed E-state index contributed by atoms with van der Waals surface area (Å²) >= 11 is 6.11. The Morgan fingerprint density at radius 3 is 2.74 bits per heavy atom. The third-order valence-electron chi connectivity index (χ3n) is 3.11. The fraction of sp³-hybridized carbons (Fsp3) is 0.400. The molecular weight excluding hydrogens is 260 g/mol. The number of rotatable bonds is 3. The van der Waals surface area contributed by atoms with Crippen LogP contribution in [0.15, 0.2) is 18.2 Å². The number of carbonyl (C=O) groups excluding carboxylic acids is 1. The SMILES string of the molecule is CCC(C)N(C)C(=O)c1ccc(C#CCN)c(Cl)c1. The second-order valence-electron chi connectivity index (χ2n) is 4.37. The Hall–Kier alpha value is -1.50. The summed E-state index contributed by atoms with van der Waals surface area (Å²) in [5, 5.41) is 0.476. The zero-order chi connectivity index (χ0) is 14.4. The first-order valence-corrected chi connectivity index (χ1v) is 6.64. The highest BCUT2D eigenvalue weighted by molar-refractivity contribution is 6.32. The smallest absolute Gasteiger partial charge is 0.253 e. The van der Waals surface area contributed by atoms with Crippen molar-refractivity contribution in [1.82, 2.24) is 4.90 Å². The minimum absolute atomic E-state index is 0.0328. The van der Waals surface area contributed by atoms with Crippen LogP contribution in [0.5, 0.6) is 0 Å². The molecule has 0 saturated heterocycles. The van der Waals surface area contributed by atoms with Crippen LogP contribution < -0.4 is 5.73 Å². The van der Waals surface area contributed by atoms with Gasteiger partial charge in [0.1, 0.15) is 0 Å². The van der Waals surface area contributed by atoms with E-state index in [-0.39, 0.29) is 18.5 Å². The summed E-state index contributed by atoms with van der Waals surface area (Å²) in [6, 6.07) is 5.35. The number of benzene rings is 1. The predicted molar refractivity (Wildman–Crippen MR) is 79.2 cm³/mol. The Labute approximate surface area is 119 Å². The van der Waals surface area contributed by atoms with Crippen LogP contribution in [0.4, 0.5) is 0 Å². The van der Waals surface area contributed by atoms with Gasteiger partial charge in [0.2, 0.25) is 0 Å². The van der Waals surface area contributed by atoms with Crippen LogP contribution in [0.3, 0.4) is 0 Å². The van der Waals surface area contributed by atoms with Gasteiger partial charge in [0, 0.05) is 24.2 Å². The quantitative estimate of drug-likeness (QED) is 0.864. The number of hydrogen-bond acceptors (Lipinski definition) is 2. The van der Waals surface area contributed by atoms with Crippen LogP contribution in [0, 0.1) is 11.8 Å². The lowest BCUT2D eigenvalue weighted by Gasteiger charge is -2.24. The molecule has 0 aromatic heterocycles. The molecule has 3 nitrogen and oxygen atoms in total. The second kappa shape index (κ2) is 7.18. The van der Waals surface area contributed by atoms with Crippen molar-refractivity contribution in [1.29, 1.82) is 0 Å². The van der Waals surface area contributed by atoms with E-state index in [1.165, 1.54) is 0 Å². The molecule has 1 aromatic rings. The molecule has 0 heterocycles. The summed E-state index contributed by atoms with van der Waals surface area (Å²) in [7, 11) is 1.80. The maximum absolute atomic E-state index is 12.2. The summed E-state index contributed by atoms with van der Waals surface area (Å²) < 4.78 is 0. The molecule has 0 aliphatic heterocycles. The molecule has 0 fully saturated rings. The molecule has 1 atom stereocenters. The molecule has 1 amide bonds. The Morgan fingerprint density at radius 1 is 1.53 bits per heavy atom. The number of amides is 1. The second-order valence-corrected chi connectivity index (χ2v) is 4.78. The van der Waals surface area contributed by atoms with Crippen LogP contribution in [0.25, 0.3) is 0 Å². The van der Waals surface area contributed by atoms with Crippen LogP contribution in [0.2, 0.25) is 5.02 Å². The first-order chi connectivity index (χ1) is 9.01. The van der Waals surface area contributed by atoms with Crippen molar-refractivity contribution in [3.05, 3.63) is 34.3 Å². The van der Waals surface area contributed by atoms with E-state index in [2.05, 4.69) is 11.8 Å². The highest BCUT2D eigenvalue weighted by atomic mass is 35.5. The summed E-state index contributed by atoms with van der Waals surface area (Å²) in [6.07, 6.45) is 0.913. The zero-order valence-electron chi connectivity index (χ0n) is 11.5. The van der Waals surface area contributed by atoms with E-state index < -0.39 is 0 Å². The van der Waals surface area contributed by atoms with Gasteiger partial charge in [-0.2, -0.15) is 0 Å². The number of nitrogens with zero attached hydrogens (tertiary/aromatic N) is 1. The summed E-state index contributed by atoms with van der Waals surface area (Å²) in [5.74, 6) is 5.58. The first-order valence-electron chi connectivity index (χ1n) is 6.26. The van der Waals surface area contributed by atoms with Crippen molar-refractivity contribution in [2.45, 2.75) is 26.3 Å². The van der Waals surface area contributed by atoms with Gasteiger partial charge in [0.15, 0.2) is 0 Å². The van der Waals surface area contributed by atoms with Crippen molar-refractivity contribution in [3.8, 4) is 11.8 Å². The largest absolute Gasteiger partial charge is 0.339 e. The van der Waals surface area contributed by atoms with Crippen LogP contribution >= 0.6 is 11.6 Å². The van der Waals surface area contributed by atoms with E-state index in [4.69, 9.17) is 17.3 Å². The Bertz CT molecular complexity index is 517. The normalized spacial score (nSPS) is 11.4. The molecule has 1 aromatic carbocycles. The van der Waals surface area contributed by atoms with Crippen molar-refractivity contribution >= 4 is 17.5 Å². The van der Waals surface area contributed by atoms with Crippen LogP contribution in [-0.4, -0.2) is 30.4 Å². The highest BCUT2D eigenvalue weighted by Crippen LogP contribution is 2.18. The lowest BCUT2D eigenvalue weighted by molar-refractivity contribution is 0.0740. The minimum atomic E-state index is -0.0328.